The molecule has 2 rings (SSSR count). The van der Waals surface area contributed by atoms with Crippen LogP contribution in [0.5, 0.6) is 5.75 Å². The van der Waals surface area contributed by atoms with E-state index in [0.717, 1.165) is 11.3 Å². The first-order valence-electron chi connectivity index (χ1n) is 7.09. The van der Waals surface area contributed by atoms with Crippen LogP contribution < -0.4 is 9.64 Å². The number of carboxylic acid groups (broad SMARTS) is 1. The van der Waals surface area contributed by atoms with Crippen LogP contribution in [0.25, 0.3) is 0 Å². The second kappa shape index (κ2) is 7.54. The molecule has 1 amide bonds. The van der Waals surface area contributed by atoms with E-state index in [2.05, 4.69) is 20.8 Å². The Hall–Kier alpha value is -1.96. The zero-order valence-electron chi connectivity index (χ0n) is 13.0. The first-order chi connectivity index (χ1) is 11.0. The molecular weight excluding hydrogens is 368 g/mol. The number of piperazine rings is 1. The van der Waals surface area contributed by atoms with Gasteiger partial charge >= 0.3 is 12.1 Å². The fourth-order valence-electron chi connectivity index (χ4n) is 2.60. The molecule has 1 heterocycles. The number of benzene rings is 1. The van der Waals surface area contributed by atoms with Gasteiger partial charge in [0.25, 0.3) is 0 Å². The van der Waals surface area contributed by atoms with Gasteiger partial charge in [-0.15, -0.1) is 0 Å². The summed E-state index contributed by atoms with van der Waals surface area (Å²) in [5.74, 6) is 0.00279. The molecule has 7 nitrogen and oxygen atoms in total. The molecule has 1 aliphatic rings. The molecule has 1 aromatic carbocycles. The normalized spacial score (nSPS) is 14.6. The van der Waals surface area contributed by atoms with Gasteiger partial charge in [0, 0.05) is 43.3 Å². The quantitative estimate of drug-likeness (QED) is 0.630. The van der Waals surface area contributed by atoms with E-state index in [4.69, 9.17) is 14.6 Å². The monoisotopic (exact) mass is 386 g/mol. The lowest BCUT2D eigenvalue weighted by atomic mass is 10.1. The van der Waals surface area contributed by atoms with Crippen molar-refractivity contribution < 1.29 is 24.2 Å². The molecule has 0 atom stereocenters. The number of hydrogen-bond acceptors (Lipinski definition) is 5. The molecule has 0 spiro atoms. The van der Waals surface area contributed by atoms with Gasteiger partial charge in [0.2, 0.25) is 0 Å². The topological polar surface area (TPSA) is 79.3 Å². The largest absolute Gasteiger partial charge is 0.496 e. The van der Waals surface area contributed by atoms with Crippen molar-refractivity contribution in [2.45, 2.75) is 5.33 Å². The Morgan fingerprint density at radius 3 is 2.35 bits per heavy atom. The van der Waals surface area contributed by atoms with Gasteiger partial charge in [-0.2, -0.15) is 0 Å². The van der Waals surface area contributed by atoms with Crippen molar-refractivity contribution >= 4 is 33.7 Å². The molecule has 23 heavy (non-hydrogen) atoms. The highest BCUT2D eigenvalue weighted by Crippen LogP contribution is 2.32. The summed E-state index contributed by atoms with van der Waals surface area (Å²) in [4.78, 5) is 26.4. The Morgan fingerprint density at radius 2 is 1.87 bits per heavy atom. The average Bonchev–Trinajstić information content (AvgIpc) is 2.59. The van der Waals surface area contributed by atoms with Gasteiger partial charge in [0.05, 0.1) is 14.2 Å². The van der Waals surface area contributed by atoms with E-state index in [-0.39, 0.29) is 0 Å². The van der Waals surface area contributed by atoms with Gasteiger partial charge in [-0.1, -0.05) is 15.9 Å². The van der Waals surface area contributed by atoms with Crippen LogP contribution in [0.1, 0.15) is 15.9 Å². The van der Waals surface area contributed by atoms with Gasteiger partial charge < -0.3 is 24.4 Å². The molecule has 0 aliphatic carbocycles. The van der Waals surface area contributed by atoms with E-state index in [1.807, 2.05) is 6.07 Å². The van der Waals surface area contributed by atoms with Crippen LogP contribution in [0.2, 0.25) is 0 Å². The second-order valence-electron chi connectivity index (χ2n) is 5.06. The third kappa shape index (κ3) is 3.69. The molecule has 0 radical (unpaired) electrons. The summed E-state index contributed by atoms with van der Waals surface area (Å²) in [7, 11) is 2.84. The molecule has 1 fully saturated rings. The van der Waals surface area contributed by atoms with Crippen LogP contribution in [-0.4, -0.2) is 62.5 Å². The van der Waals surface area contributed by atoms with Crippen molar-refractivity contribution in [1.82, 2.24) is 4.90 Å². The Kier molecular flexibility index (Phi) is 5.70. The van der Waals surface area contributed by atoms with Crippen LogP contribution >= 0.6 is 15.9 Å². The van der Waals surface area contributed by atoms with Crippen LogP contribution in [-0.2, 0) is 10.1 Å². The minimum Gasteiger partial charge on any atom is -0.496 e. The van der Waals surface area contributed by atoms with Gasteiger partial charge in [0.15, 0.2) is 0 Å². The molecule has 1 aliphatic heterocycles. The van der Waals surface area contributed by atoms with E-state index >= 15 is 0 Å². The summed E-state index contributed by atoms with van der Waals surface area (Å²) >= 11 is 3.39. The van der Waals surface area contributed by atoms with Crippen molar-refractivity contribution in [3.8, 4) is 5.75 Å². The average molecular weight is 387 g/mol. The van der Waals surface area contributed by atoms with Crippen molar-refractivity contribution in [3.05, 3.63) is 23.3 Å². The lowest BCUT2D eigenvalue weighted by Crippen LogP contribution is -2.48. The Labute approximate surface area is 142 Å². The summed E-state index contributed by atoms with van der Waals surface area (Å²) in [5, 5.41) is 9.50. The van der Waals surface area contributed by atoms with E-state index in [0.29, 0.717) is 42.8 Å². The fourth-order valence-corrected chi connectivity index (χ4v) is 3.04. The van der Waals surface area contributed by atoms with E-state index in [1.165, 1.54) is 19.1 Å². The SMILES string of the molecule is COC(=O)c1c(CBr)cc(N2CCN(C(=O)O)CC2)cc1OC. The molecule has 8 heteroatoms. The first kappa shape index (κ1) is 17.4. The third-order valence-corrected chi connectivity index (χ3v) is 4.44. The maximum Gasteiger partial charge on any atom is 0.407 e. The zero-order chi connectivity index (χ0) is 17.0. The number of carbonyl (C=O) groups excluding carboxylic acids is 1. The van der Waals surface area contributed by atoms with Crippen molar-refractivity contribution in [3.63, 3.8) is 0 Å². The number of ether oxygens (including phenoxy) is 2. The fraction of sp³-hybridized carbons (Fsp3) is 0.467. The third-order valence-electron chi connectivity index (χ3n) is 3.84. The van der Waals surface area contributed by atoms with Gasteiger partial charge in [-0.05, 0) is 11.6 Å². The second-order valence-corrected chi connectivity index (χ2v) is 5.62. The number of esters is 1. The number of methoxy groups -OCH3 is 2. The highest BCUT2D eigenvalue weighted by molar-refractivity contribution is 9.08. The first-order valence-corrected chi connectivity index (χ1v) is 8.22. The summed E-state index contributed by atoms with van der Waals surface area (Å²) in [6.45, 7) is 2.07. The van der Waals surface area contributed by atoms with Crippen molar-refractivity contribution in [2.24, 2.45) is 0 Å². The number of alkyl halides is 1. The van der Waals surface area contributed by atoms with E-state index < -0.39 is 12.1 Å². The summed E-state index contributed by atoms with van der Waals surface area (Å²) in [6, 6.07) is 3.69. The number of hydrogen-bond donors (Lipinski definition) is 1. The van der Waals surface area contributed by atoms with Gasteiger partial charge in [0.1, 0.15) is 11.3 Å². The molecule has 126 valence electrons. The number of carbonyl (C=O) groups is 2. The van der Waals surface area contributed by atoms with Crippen LogP contribution in [0.15, 0.2) is 12.1 Å². The van der Waals surface area contributed by atoms with E-state index in [1.54, 1.807) is 6.07 Å². The molecule has 0 saturated carbocycles. The number of anilines is 1. The summed E-state index contributed by atoms with van der Waals surface area (Å²) in [5.41, 5.74) is 2.07. The predicted octanol–water partition coefficient (Wildman–Crippen LogP) is 2.18. The maximum atomic E-state index is 12.0. The summed E-state index contributed by atoms with van der Waals surface area (Å²) in [6.07, 6.45) is -0.899. The van der Waals surface area contributed by atoms with Crippen molar-refractivity contribution in [2.75, 3.05) is 45.3 Å². The zero-order valence-corrected chi connectivity index (χ0v) is 14.6. The lowest BCUT2D eigenvalue weighted by molar-refractivity contribution is 0.0596. The molecule has 0 bridgehead atoms. The van der Waals surface area contributed by atoms with Gasteiger partial charge in [-0.25, -0.2) is 9.59 Å². The Bertz CT molecular complexity index is 575. The Morgan fingerprint density at radius 1 is 1.22 bits per heavy atom. The Balaban J connectivity index is 2.30. The maximum absolute atomic E-state index is 12.0. The lowest BCUT2D eigenvalue weighted by Gasteiger charge is -2.35. The van der Waals surface area contributed by atoms with Crippen LogP contribution in [0, 0.1) is 0 Å². The van der Waals surface area contributed by atoms with Crippen molar-refractivity contribution in [1.29, 1.82) is 0 Å². The molecule has 1 aromatic rings. The minimum absolute atomic E-state index is 0.403. The number of amides is 1. The van der Waals surface area contributed by atoms with Gasteiger partial charge in [-0.3, -0.25) is 0 Å². The number of halogens is 1. The standard InChI is InChI=1S/C15H19BrN2O5/c1-22-12-8-11(7-10(9-16)13(12)14(19)23-2)17-3-5-18(6-4-17)15(20)21/h7-8H,3-6,9H2,1-2H3,(H,20,21). The van der Waals surface area contributed by atoms with Crippen LogP contribution in [0.3, 0.4) is 0 Å². The molecule has 0 aromatic heterocycles. The molecule has 0 unspecified atom stereocenters. The van der Waals surface area contributed by atoms with E-state index in [9.17, 15) is 9.59 Å². The number of rotatable bonds is 4. The predicted molar refractivity (Wildman–Crippen MR) is 88.8 cm³/mol. The highest BCUT2D eigenvalue weighted by atomic mass is 79.9. The highest BCUT2D eigenvalue weighted by Gasteiger charge is 2.24. The molecule has 1 saturated heterocycles. The molecular formula is C15H19BrN2O5. The summed E-state index contributed by atoms with van der Waals surface area (Å²) < 4.78 is 10.2. The smallest absolute Gasteiger partial charge is 0.407 e. The minimum atomic E-state index is -0.899. The molecule has 1 N–H and O–H groups in total. The number of nitrogens with zero attached hydrogens (tertiary/aromatic N) is 2. The van der Waals surface area contributed by atoms with Crippen LogP contribution in [0.4, 0.5) is 10.5 Å².